The number of benzene rings is 1. The molecule has 4 rings (SSSR count). The van der Waals surface area contributed by atoms with E-state index in [0.717, 1.165) is 35.2 Å². The number of carbonyl (C=O) groups is 1. The summed E-state index contributed by atoms with van der Waals surface area (Å²) in [7, 11) is 0. The van der Waals surface area contributed by atoms with Crippen LogP contribution in [0.25, 0.3) is 15.9 Å². The molecular formula is C20H21N3O2S2. The molecule has 0 saturated carbocycles. The number of rotatable bonds is 5. The third kappa shape index (κ3) is 3.53. The van der Waals surface area contributed by atoms with Gasteiger partial charge in [-0.1, -0.05) is 36.9 Å². The first-order chi connectivity index (χ1) is 13.0. The molecule has 1 aliphatic carbocycles. The summed E-state index contributed by atoms with van der Waals surface area (Å²) in [6.07, 6.45) is 3.33. The molecule has 27 heavy (non-hydrogen) atoms. The summed E-state index contributed by atoms with van der Waals surface area (Å²) in [6.45, 7) is 2.26. The molecule has 2 aromatic heterocycles. The van der Waals surface area contributed by atoms with Crippen LogP contribution in [0.5, 0.6) is 0 Å². The molecule has 0 unspecified atom stereocenters. The zero-order valence-electron chi connectivity index (χ0n) is 15.1. The summed E-state index contributed by atoms with van der Waals surface area (Å²) in [6, 6.07) is 9.57. The van der Waals surface area contributed by atoms with Crippen molar-refractivity contribution in [3.05, 3.63) is 51.1 Å². The summed E-state index contributed by atoms with van der Waals surface area (Å²) in [5, 5.41) is 1.39. The lowest BCUT2D eigenvalue weighted by molar-refractivity contribution is -0.117. The van der Waals surface area contributed by atoms with Crippen molar-refractivity contribution in [1.29, 1.82) is 0 Å². The fourth-order valence-electron chi connectivity index (χ4n) is 3.52. The normalized spacial score (nSPS) is 16.4. The molecule has 1 amide bonds. The maximum Gasteiger partial charge on any atom is 0.267 e. The first-order valence-corrected chi connectivity index (χ1v) is 10.9. The Morgan fingerprint density at radius 3 is 2.89 bits per heavy atom. The van der Waals surface area contributed by atoms with Gasteiger partial charge in [0.25, 0.3) is 5.56 Å². The van der Waals surface area contributed by atoms with Gasteiger partial charge in [-0.2, -0.15) is 0 Å². The number of para-hydroxylation sites is 1. The summed E-state index contributed by atoms with van der Waals surface area (Å²) < 4.78 is 1.68. The van der Waals surface area contributed by atoms with Gasteiger partial charge in [-0.25, -0.2) is 4.98 Å². The standard InChI is InChI=1S/C20H21N3O2S2/c1-12-7-8-14-15(11-12)27-18-17(14)19(25)23(13-5-3-2-4-6-13)20(22-18)26-10-9-16(21)24/h2-6,12H,7-11H2,1H3,(H2,21,24)/t12-/m1/s1. The van der Waals surface area contributed by atoms with Crippen LogP contribution in [0.2, 0.25) is 0 Å². The van der Waals surface area contributed by atoms with Gasteiger partial charge in [0.05, 0.1) is 11.1 Å². The average Bonchev–Trinajstić information content (AvgIpc) is 2.99. The Morgan fingerprint density at radius 2 is 2.15 bits per heavy atom. The minimum Gasteiger partial charge on any atom is -0.370 e. The number of nitrogens with zero attached hydrogens (tertiary/aromatic N) is 2. The van der Waals surface area contributed by atoms with Crippen molar-refractivity contribution in [3.63, 3.8) is 0 Å². The molecule has 3 aromatic rings. The van der Waals surface area contributed by atoms with Gasteiger partial charge in [0, 0.05) is 17.1 Å². The molecule has 5 nitrogen and oxygen atoms in total. The number of carbonyl (C=O) groups excluding carboxylic acids is 1. The highest BCUT2D eigenvalue weighted by Crippen LogP contribution is 2.37. The average molecular weight is 400 g/mol. The van der Waals surface area contributed by atoms with E-state index < -0.39 is 0 Å². The van der Waals surface area contributed by atoms with Gasteiger partial charge in [0.15, 0.2) is 5.16 Å². The Labute approximate surface area is 165 Å². The molecule has 0 radical (unpaired) electrons. The topological polar surface area (TPSA) is 78.0 Å². The van der Waals surface area contributed by atoms with Crippen LogP contribution in [0, 0.1) is 5.92 Å². The minimum atomic E-state index is -0.349. The number of aromatic nitrogens is 2. The van der Waals surface area contributed by atoms with E-state index in [1.54, 1.807) is 15.9 Å². The number of hydrogen-bond donors (Lipinski definition) is 1. The predicted octanol–water partition coefficient (Wildman–Crippen LogP) is 3.54. The van der Waals surface area contributed by atoms with Gasteiger partial charge in [0.2, 0.25) is 5.91 Å². The van der Waals surface area contributed by atoms with E-state index in [4.69, 9.17) is 10.7 Å². The van der Waals surface area contributed by atoms with Crippen LogP contribution < -0.4 is 11.3 Å². The van der Waals surface area contributed by atoms with E-state index in [9.17, 15) is 9.59 Å². The summed E-state index contributed by atoms with van der Waals surface area (Å²) >= 11 is 3.05. The third-order valence-electron chi connectivity index (χ3n) is 4.89. The quantitative estimate of drug-likeness (QED) is 0.526. The maximum atomic E-state index is 13.5. The Morgan fingerprint density at radius 1 is 1.37 bits per heavy atom. The zero-order chi connectivity index (χ0) is 19.0. The largest absolute Gasteiger partial charge is 0.370 e. The van der Waals surface area contributed by atoms with Crippen LogP contribution in [-0.4, -0.2) is 21.2 Å². The Kier molecular flexibility index (Phi) is 5.06. The molecular weight excluding hydrogens is 378 g/mol. The van der Waals surface area contributed by atoms with E-state index in [0.29, 0.717) is 16.8 Å². The summed E-state index contributed by atoms with van der Waals surface area (Å²) in [5.74, 6) is 0.798. The number of thioether (sulfide) groups is 1. The predicted molar refractivity (Wildman–Crippen MR) is 111 cm³/mol. The van der Waals surface area contributed by atoms with Crippen molar-refractivity contribution in [2.75, 3.05) is 5.75 Å². The van der Waals surface area contributed by atoms with E-state index in [2.05, 4.69) is 6.92 Å². The molecule has 1 aliphatic rings. The monoisotopic (exact) mass is 399 g/mol. The van der Waals surface area contributed by atoms with Gasteiger partial charge in [0.1, 0.15) is 4.83 Å². The molecule has 0 bridgehead atoms. The van der Waals surface area contributed by atoms with Crippen LogP contribution in [0.3, 0.4) is 0 Å². The van der Waals surface area contributed by atoms with E-state index in [1.807, 2.05) is 30.3 Å². The van der Waals surface area contributed by atoms with Crippen LogP contribution in [0.4, 0.5) is 0 Å². The first-order valence-electron chi connectivity index (χ1n) is 9.08. The molecule has 140 valence electrons. The van der Waals surface area contributed by atoms with Gasteiger partial charge < -0.3 is 5.73 Å². The second kappa shape index (κ2) is 7.48. The first kappa shape index (κ1) is 18.3. The third-order valence-corrected chi connectivity index (χ3v) is 6.98. The second-order valence-corrected chi connectivity index (χ2v) is 9.11. The molecule has 7 heteroatoms. The van der Waals surface area contributed by atoms with E-state index >= 15 is 0 Å². The number of aryl methyl sites for hydroxylation is 1. The Bertz CT molecular complexity index is 1060. The zero-order valence-corrected chi connectivity index (χ0v) is 16.7. The van der Waals surface area contributed by atoms with Crippen molar-refractivity contribution in [2.45, 2.75) is 37.8 Å². The van der Waals surface area contributed by atoms with Crippen molar-refractivity contribution in [3.8, 4) is 5.69 Å². The minimum absolute atomic E-state index is 0.0140. The smallest absolute Gasteiger partial charge is 0.267 e. The number of thiophene rings is 1. The Hall–Kier alpha value is -2.12. The van der Waals surface area contributed by atoms with Gasteiger partial charge in [-0.15, -0.1) is 11.3 Å². The van der Waals surface area contributed by atoms with E-state index in [1.165, 1.54) is 22.2 Å². The van der Waals surface area contributed by atoms with Crippen LogP contribution in [-0.2, 0) is 17.6 Å². The highest BCUT2D eigenvalue weighted by atomic mass is 32.2. The lowest BCUT2D eigenvalue weighted by Gasteiger charge is -2.17. The van der Waals surface area contributed by atoms with Crippen molar-refractivity contribution in [2.24, 2.45) is 11.7 Å². The molecule has 0 spiro atoms. The molecule has 1 atom stereocenters. The molecule has 0 aliphatic heterocycles. The van der Waals surface area contributed by atoms with Crippen molar-refractivity contribution >= 4 is 39.2 Å². The van der Waals surface area contributed by atoms with Gasteiger partial charge in [-0.3, -0.25) is 14.2 Å². The number of primary amides is 1. The Balaban J connectivity index is 1.89. The van der Waals surface area contributed by atoms with Gasteiger partial charge >= 0.3 is 0 Å². The lowest BCUT2D eigenvalue weighted by Crippen LogP contribution is -2.23. The fraction of sp³-hybridized carbons (Fsp3) is 0.350. The fourth-order valence-corrected chi connectivity index (χ4v) is 5.91. The van der Waals surface area contributed by atoms with Crippen LogP contribution in [0.15, 0.2) is 40.3 Å². The second-order valence-electron chi connectivity index (χ2n) is 6.97. The number of amides is 1. The van der Waals surface area contributed by atoms with Crippen molar-refractivity contribution in [1.82, 2.24) is 9.55 Å². The highest BCUT2D eigenvalue weighted by molar-refractivity contribution is 7.99. The molecule has 2 N–H and O–H groups in total. The van der Waals surface area contributed by atoms with Crippen LogP contribution in [0.1, 0.15) is 30.2 Å². The maximum absolute atomic E-state index is 13.5. The summed E-state index contributed by atoms with van der Waals surface area (Å²) in [4.78, 5) is 31.5. The molecule has 0 saturated heterocycles. The van der Waals surface area contributed by atoms with Crippen LogP contribution >= 0.6 is 23.1 Å². The van der Waals surface area contributed by atoms with Crippen molar-refractivity contribution < 1.29 is 4.79 Å². The van der Waals surface area contributed by atoms with E-state index in [-0.39, 0.29) is 17.9 Å². The molecule has 2 heterocycles. The molecule has 0 fully saturated rings. The highest BCUT2D eigenvalue weighted by Gasteiger charge is 2.25. The number of nitrogens with two attached hydrogens (primary N) is 1. The lowest BCUT2D eigenvalue weighted by atomic mass is 9.89. The SMILES string of the molecule is C[C@@H]1CCc2c(sc3nc(SCCC(N)=O)n(-c4ccccc4)c(=O)c23)C1. The summed E-state index contributed by atoms with van der Waals surface area (Å²) in [5.41, 5.74) is 7.23. The number of fused-ring (bicyclic) bond motifs is 3. The number of hydrogen-bond acceptors (Lipinski definition) is 5. The van der Waals surface area contributed by atoms with Gasteiger partial charge in [-0.05, 0) is 42.9 Å². The molecule has 1 aromatic carbocycles.